The Kier molecular flexibility index (Phi) is 5.17. The SMILES string of the molecule is CC(CC(=O)N1CCCN2CCCC2C1)C1CCCNC1. The minimum Gasteiger partial charge on any atom is -0.341 e. The van der Waals surface area contributed by atoms with Gasteiger partial charge in [0.25, 0.3) is 0 Å². The molecule has 3 rings (SSSR count). The smallest absolute Gasteiger partial charge is 0.222 e. The van der Waals surface area contributed by atoms with Crippen LogP contribution in [-0.4, -0.2) is 61.0 Å². The molecule has 4 heteroatoms. The van der Waals surface area contributed by atoms with Gasteiger partial charge in [-0.05, 0) is 63.6 Å². The molecule has 3 saturated heterocycles. The van der Waals surface area contributed by atoms with Crippen molar-refractivity contribution in [3.63, 3.8) is 0 Å². The molecule has 0 bridgehead atoms. The van der Waals surface area contributed by atoms with E-state index in [0.29, 0.717) is 23.8 Å². The Bertz CT molecular complexity index is 354. The van der Waals surface area contributed by atoms with Crippen LogP contribution in [0.25, 0.3) is 0 Å². The van der Waals surface area contributed by atoms with Crippen molar-refractivity contribution >= 4 is 5.91 Å². The molecule has 1 N–H and O–H groups in total. The van der Waals surface area contributed by atoms with Crippen LogP contribution < -0.4 is 5.32 Å². The Morgan fingerprint density at radius 3 is 2.86 bits per heavy atom. The second-order valence-corrected chi connectivity index (χ2v) is 7.31. The van der Waals surface area contributed by atoms with E-state index in [0.717, 1.165) is 39.0 Å². The van der Waals surface area contributed by atoms with E-state index in [2.05, 4.69) is 22.0 Å². The first-order chi connectivity index (χ1) is 10.2. The van der Waals surface area contributed by atoms with Crippen LogP contribution in [0.1, 0.15) is 45.4 Å². The molecule has 0 spiro atoms. The van der Waals surface area contributed by atoms with E-state index in [9.17, 15) is 4.79 Å². The fourth-order valence-corrected chi connectivity index (χ4v) is 4.37. The Labute approximate surface area is 129 Å². The highest BCUT2D eigenvalue weighted by molar-refractivity contribution is 5.76. The average Bonchev–Trinajstić information content (AvgIpc) is 2.85. The van der Waals surface area contributed by atoms with Gasteiger partial charge in [0, 0.05) is 32.1 Å². The molecule has 3 unspecified atom stereocenters. The highest BCUT2D eigenvalue weighted by Gasteiger charge is 2.31. The first-order valence-corrected chi connectivity index (χ1v) is 8.96. The molecule has 0 aromatic rings. The van der Waals surface area contributed by atoms with Crippen molar-refractivity contribution in [1.29, 1.82) is 0 Å². The van der Waals surface area contributed by atoms with Crippen molar-refractivity contribution in [2.75, 3.05) is 39.3 Å². The first kappa shape index (κ1) is 15.3. The normalized spacial score (nSPS) is 32.5. The number of hydrogen-bond acceptors (Lipinski definition) is 3. The van der Waals surface area contributed by atoms with Crippen LogP contribution in [0, 0.1) is 11.8 Å². The van der Waals surface area contributed by atoms with E-state index in [1.165, 1.54) is 38.8 Å². The van der Waals surface area contributed by atoms with Gasteiger partial charge in [0.15, 0.2) is 0 Å². The largest absolute Gasteiger partial charge is 0.341 e. The summed E-state index contributed by atoms with van der Waals surface area (Å²) in [5.41, 5.74) is 0. The number of nitrogens with one attached hydrogen (secondary N) is 1. The predicted molar refractivity (Wildman–Crippen MR) is 85.2 cm³/mol. The van der Waals surface area contributed by atoms with Gasteiger partial charge in [0.1, 0.15) is 0 Å². The highest BCUT2D eigenvalue weighted by atomic mass is 16.2. The lowest BCUT2D eigenvalue weighted by Gasteiger charge is -2.31. The van der Waals surface area contributed by atoms with Crippen molar-refractivity contribution in [3.05, 3.63) is 0 Å². The van der Waals surface area contributed by atoms with Crippen LogP contribution in [-0.2, 0) is 4.79 Å². The van der Waals surface area contributed by atoms with E-state index in [4.69, 9.17) is 0 Å². The zero-order chi connectivity index (χ0) is 14.7. The molecule has 3 fully saturated rings. The van der Waals surface area contributed by atoms with Crippen LogP contribution in [0.4, 0.5) is 0 Å². The lowest BCUT2D eigenvalue weighted by atomic mass is 9.85. The fourth-order valence-electron chi connectivity index (χ4n) is 4.37. The summed E-state index contributed by atoms with van der Waals surface area (Å²) in [4.78, 5) is 17.4. The molecule has 120 valence electrons. The number of piperidine rings is 1. The fraction of sp³-hybridized carbons (Fsp3) is 0.941. The molecule has 3 aliphatic heterocycles. The molecule has 21 heavy (non-hydrogen) atoms. The summed E-state index contributed by atoms with van der Waals surface area (Å²) in [6.07, 6.45) is 7.06. The topological polar surface area (TPSA) is 35.6 Å². The van der Waals surface area contributed by atoms with Gasteiger partial charge in [-0.2, -0.15) is 0 Å². The number of amides is 1. The third-order valence-electron chi connectivity index (χ3n) is 5.79. The molecule has 0 aliphatic carbocycles. The number of rotatable bonds is 3. The van der Waals surface area contributed by atoms with Crippen LogP contribution in [0.2, 0.25) is 0 Å². The minimum absolute atomic E-state index is 0.404. The molecule has 0 aromatic carbocycles. The molecule has 3 atom stereocenters. The standard InChI is InChI=1S/C17H31N3O/c1-14(15-5-2-7-18-12-15)11-17(21)20-10-4-9-19-8-3-6-16(19)13-20/h14-16,18H,2-13H2,1H3. The lowest BCUT2D eigenvalue weighted by Crippen LogP contribution is -2.41. The predicted octanol–water partition coefficient (Wildman–Crippen LogP) is 1.71. The van der Waals surface area contributed by atoms with Crippen molar-refractivity contribution in [2.24, 2.45) is 11.8 Å². The highest BCUT2D eigenvalue weighted by Crippen LogP contribution is 2.25. The van der Waals surface area contributed by atoms with Gasteiger partial charge in [-0.15, -0.1) is 0 Å². The summed E-state index contributed by atoms with van der Waals surface area (Å²) in [5.74, 6) is 1.62. The monoisotopic (exact) mass is 293 g/mol. The van der Waals surface area contributed by atoms with Crippen LogP contribution in [0.3, 0.4) is 0 Å². The van der Waals surface area contributed by atoms with Gasteiger partial charge < -0.3 is 10.2 Å². The Hall–Kier alpha value is -0.610. The molecular weight excluding hydrogens is 262 g/mol. The number of carbonyl (C=O) groups is 1. The lowest BCUT2D eigenvalue weighted by molar-refractivity contribution is -0.132. The number of nitrogens with zero attached hydrogens (tertiary/aromatic N) is 2. The summed E-state index contributed by atoms with van der Waals surface area (Å²) in [5, 5.41) is 3.48. The second-order valence-electron chi connectivity index (χ2n) is 7.31. The molecule has 0 aromatic heterocycles. The zero-order valence-corrected chi connectivity index (χ0v) is 13.5. The maximum absolute atomic E-state index is 12.7. The summed E-state index contributed by atoms with van der Waals surface area (Å²) < 4.78 is 0. The summed E-state index contributed by atoms with van der Waals surface area (Å²) >= 11 is 0. The maximum atomic E-state index is 12.7. The summed E-state index contributed by atoms with van der Waals surface area (Å²) in [6, 6.07) is 0.642. The molecule has 3 aliphatic rings. The Balaban J connectivity index is 1.51. The van der Waals surface area contributed by atoms with E-state index < -0.39 is 0 Å². The summed E-state index contributed by atoms with van der Waals surface area (Å²) in [6.45, 7) is 8.92. The van der Waals surface area contributed by atoms with E-state index >= 15 is 0 Å². The minimum atomic E-state index is 0.404. The summed E-state index contributed by atoms with van der Waals surface area (Å²) in [7, 11) is 0. The van der Waals surface area contributed by atoms with Crippen molar-refractivity contribution < 1.29 is 4.79 Å². The van der Waals surface area contributed by atoms with Crippen molar-refractivity contribution in [1.82, 2.24) is 15.1 Å². The second kappa shape index (κ2) is 7.10. The van der Waals surface area contributed by atoms with Gasteiger partial charge in [0.2, 0.25) is 5.91 Å². The molecule has 3 heterocycles. The van der Waals surface area contributed by atoms with E-state index in [1.54, 1.807) is 0 Å². The molecule has 4 nitrogen and oxygen atoms in total. The Morgan fingerprint density at radius 2 is 2.05 bits per heavy atom. The molecule has 0 saturated carbocycles. The van der Waals surface area contributed by atoms with E-state index in [1.807, 2.05) is 0 Å². The quantitative estimate of drug-likeness (QED) is 0.860. The zero-order valence-electron chi connectivity index (χ0n) is 13.5. The number of carbonyl (C=O) groups excluding carboxylic acids is 1. The number of fused-ring (bicyclic) bond motifs is 1. The van der Waals surface area contributed by atoms with Crippen LogP contribution >= 0.6 is 0 Å². The van der Waals surface area contributed by atoms with Crippen molar-refractivity contribution in [2.45, 2.75) is 51.5 Å². The van der Waals surface area contributed by atoms with Crippen molar-refractivity contribution in [3.8, 4) is 0 Å². The molecule has 1 amide bonds. The Morgan fingerprint density at radius 1 is 1.19 bits per heavy atom. The van der Waals surface area contributed by atoms with Gasteiger partial charge in [-0.25, -0.2) is 0 Å². The third kappa shape index (κ3) is 3.78. The van der Waals surface area contributed by atoms with Gasteiger partial charge in [-0.1, -0.05) is 6.92 Å². The third-order valence-corrected chi connectivity index (χ3v) is 5.79. The maximum Gasteiger partial charge on any atom is 0.222 e. The van der Waals surface area contributed by atoms with Gasteiger partial charge in [0.05, 0.1) is 0 Å². The van der Waals surface area contributed by atoms with Gasteiger partial charge >= 0.3 is 0 Å². The first-order valence-electron chi connectivity index (χ1n) is 8.96. The molecule has 0 radical (unpaired) electrons. The van der Waals surface area contributed by atoms with E-state index in [-0.39, 0.29) is 0 Å². The average molecular weight is 293 g/mol. The van der Waals surface area contributed by atoms with Crippen LogP contribution in [0.5, 0.6) is 0 Å². The van der Waals surface area contributed by atoms with Gasteiger partial charge in [-0.3, -0.25) is 9.69 Å². The van der Waals surface area contributed by atoms with Crippen LogP contribution in [0.15, 0.2) is 0 Å². The molecular formula is C17H31N3O. The number of hydrogen-bond donors (Lipinski definition) is 1.